The fourth-order valence-electron chi connectivity index (χ4n) is 2.90. The average molecular weight is 463 g/mol. The second kappa shape index (κ2) is 10.2. The van der Waals surface area contributed by atoms with E-state index in [1.165, 1.54) is 22.0 Å². The number of H-pyrrole nitrogens is 1. The van der Waals surface area contributed by atoms with Crippen LogP contribution in [-0.2, 0) is 12.8 Å². The van der Waals surface area contributed by atoms with Gasteiger partial charge in [-0.2, -0.15) is 0 Å². The van der Waals surface area contributed by atoms with Gasteiger partial charge in [-0.1, -0.05) is 18.2 Å². The lowest BCUT2D eigenvalue weighted by molar-refractivity contribution is 0.777. The van der Waals surface area contributed by atoms with E-state index in [9.17, 15) is 0 Å². The van der Waals surface area contributed by atoms with Gasteiger partial charge in [-0.25, -0.2) is 0 Å². The molecule has 0 atom stereocenters. The van der Waals surface area contributed by atoms with E-state index >= 15 is 0 Å². The summed E-state index contributed by atoms with van der Waals surface area (Å²) in [6, 6.07) is 12.5. The molecule has 0 aliphatic heterocycles. The van der Waals surface area contributed by atoms with Crippen LogP contribution in [0, 0.1) is 6.92 Å². The third-order valence-electron chi connectivity index (χ3n) is 4.23. The van der Waals surface area contributed by atoms with E-state index in [2.05, 4.69) is 56.9 Å². The van der Waals surface area contributed by atoms with Crippen LogP contribution in [0.15, 0.2) is 53.8 Å². The maximum absolute atomic E-state index is 4.33. The van der Waals surface area contributed by atoms with Gasteiger partial charge >= 0.3 is 0 Å². The van der Waals surface area contributed by atoms with E-state index < -0.39 is 0 Å². The Bertz CT molecular complexity index is 842. The average Bonchev–Trinajstić information content (AvgIpc) is 3.03. The topological polar surface area (TPSA) is 65.1 Å². The molecule has 3 rings (SSSR count). The highest BCUT2D eigenvalue weighted by molar-refractivity contribution is 14.0. The summed E-state index contributed by atoms with van der Waals surface area (Å²) in [5, 5.41) is 8.01. The number of aromatic nitrogens is 2. The quantitative estimate of drug-likeness (QED) is 0.298. The summed E-state index contributed by atoms with van der Waals surface area (Å²) < 4.78 is 0. The molecular formula is C20H26IN5. The molecule has 0 spiro atoms. The largest absolute Gasteiger partial charge is 0.361 e. The summed E-state index contributed by atoms with van der Waals surface area (Å²) >= 11 is 0. The number of aromatic amines is 1. The van der Waals surface area contributed by atoms with Gasteiger partial charge < -0.3 is 15.6 Å². The van der Waals surface area contributed by atoms with E-state index in [1.54, 1.807) is 7.05 Å². The second-order valence-electron chi connectivity index (χ2n) is 6.11. The number of rotatable bonds is 6. The van der Waals surface area contributed by atoms with Gasteiger partial charge in [0.2, 0.25) is 0 Å². The molecule has 138 valence electrons. The Morgan fingerprint density at radius 1 is 1.12 bits per heavy atom. The number of nitrogens with zero attached hydrogens (tertiary/aromatic N) is 2. The lowest BCUT2D eigenvalue weighted by Gasteiger charge is -2.11. The number of hydrogen-bond donors (Lipinski definition) is 3. The standard InChI is InChI=1S/C20H25N5.HI/c1-15-6-7-18-16(14-25-19(18)13-15)8-11-23-20(21-2)24-12-9-17-5-3-4-10-22-17;/h3-7,10,13-14,25H,8-9,11-12H2,1-2H3,(H2,21,23,24);1H. The fraction of sp³-hybridized carbons (Fsp3) is 0.300. The first-order valence-corrected chi connectivity index (χ1v) is 8.67. The molecule has 1 aromatic carbocycles. The molecule has 0 fully saturated rings. The molecule has 2 heterocycles. The van der Waals surface area contributed by atoms with Crippen LogP contribution in [0.4, 0.5) is 0 Å². The normalized spacial score (nSPS) is 11.2. The number of pyridine rings is 1. The predicted octanol–water partition coefficient (Wildman–Crippen LogP) is 3.44. The van der Waals surface area contributed by atoms with Gasteiger partial charge in [-0.15, -0.1) is 24.0 Å². The number of aliphatic imine (C=N–C) groups is 1. The van der Waals surface area contributed by atoms with Crippen LogP contribution in [0.1, 0.15) is 16.8 Å². The number of nitrogens with one attached hydrogen (secondary N) is 3. The molecule has 0 aliphatic carbocycles. The van der Waals surface area contributed by atoms with E-state index in [0.29, 0.717) is 0 Å². The lowest BCUT2D eigenvalue weighted by atomic mass is 10.1. The highest BCUT2D eigenvalue weighted by Crippen LogP contribution is 2.19. The zero-order valence-corrected chi connectivity index (χ0v) is 17.6. The van der Waals surface area contributed by atoms with E-state index in [0.717, 1.165) is 37.6 Å². The first-order valence-electron chi connectivity index (χ1n) is 8.67. The SMILES string of the molecule is CN=C(NCCc1ccccn1)NCCc1c[nH]c2cc(C)ccc12.I. The first-order chi connectivity index (χ1) is 12.3. The van der Waals surface area contributed by atoms with Crippen LogP contribution < -0.4 is 10.6 Å². The van der Waals surface area contributed by atoms with Gasteiger partial charge in [0.1, 0.15) is 0 Å². The van der Waals surface area contributed by atoms with Crippen LogP contribution in [0.2, 0.25) is 0 Å². The molecule has 0 radical (unpaired) electrons. The summed E-state index contributed by atoms with van der Waals surface area (Å²) in [5.41, 5.74) is 4.88. The van der Waals surface area contributed by atoms with Crippen molar-refractivity contribution < 1.29 is 0 Å². The molecule has 0 aliphatic rings. The van der Waals surface area contributed by atoms with Gasteiger partial charge in [0.25, 0.3) is 0 Å². The molecule has 0 amide bonds. The molecule has 0 bridgehead atoms. The van der Waals surface area contributed by atoms with Crippen LogP contribution in [0.25, 0.3) is 10.9 Å². The first kappa shape index (κ1) is 20.2. The molecule has 2 aromatic heterocycles. The van der Waals surface area contributed by atoms with Crippen molar-refractivity contribution in [2.24, 2.45) is 4.99 Å². The highest BCUT2D eigenvalue weighted by Gasteiger charge is 2.04. The van der Waals surface area contributed by atoms with E-state index in [-0.39, 0.29) is 24.0 Å². The van der Waals surface area contributed by atoms with Crippen LogP contribution in [0.3, 0.4) is 0 Å². The predicted molar refractivity (Wildman–Crippen MR) is 119 cm³/mol. The Balaban J connectivity index is 0.00000243. The fourth-order valence-corrected chi connectivity index (χ4v) is 2.90. The molecule has 3 aromatic rings. The number of benzene rings is 1. The second-order valence-corrected chi connectivity index (χ2v) is 6.11. The lowest BCUT2D eigenvalue weighted by Crippen LogP contribution is -2.39. The van der Waals surface area contributed by atoms with Crippen LogP contribution >= 0.6 is 24.0 Å². The van der Waals surface area contributed by atoms with Gasteiger partial charge in [0, 0.05) is 55.5 Å². The van der Waals surface area contributed by atoms with Crippen molar-refractivity contribution in [3.8, 4) is 0 Å². The minimum atomic E-state index is 0. The minimum Gasteiger partial charge on any atom is -0.361 e. The summed E-state index contributed by atoms with van der Waals surface area (Å²) in [6.45, 7) is 3.76. The molecular weight excluding hydrogens is 437 g/mol. The molecule has 0 unspecified atom stereocenters. The van der Waals surface area contributed by atoms with Crippen LogP contribution in [-0.4, -0.2) is 36.1 Å². The maximum Gasteiger partial charge on any atom is 0.190 e. The highest BCUT2D eigenvalue weighted by atomic mass is 127. The monoisotopic (exact) mass is 463 g/mol. The Morgan fingerprint density at radius 3 is 2.65 bits per heavy atom. The summed E-state index contributed by atoms with van der Waals surface area (Å²) in [6.07, 6.45) is 5.75. The van der Waals surface area contributed by atoms with Crippen molar-refractivity contribution in [2.45, 2.75) is 19.8 Å². The van der Waals surface area contributed by atoms with Crippen molar-refractivity contribution in [2.75, 3.05) is 20.1 Å². The zero-order valence-electron chi connectivity index (χ0n) is 15.2. The Hall–Kier alpha value is -2.09. The van der Waals surface area contributed by atoms with Crippen molar-refractivity contribution in [3.63, 3.8) is 0 Å². The van der Waals surface area contributed by atoms with Crippen molar-refractivity contribution >= 4 is 40.8 Å². The number of fused-ring (bicyclic) bond motifs is 1. The molecule has 5 nitrogen and oxygen atoms in total. The van der Waals surface area contributed by atoms with Gasteiger partial charge in [-0.05, 0) is 42.7 Å². The molecule has 6 heteroatoms. The van der Waals surface area contributed by atoms with Gasteiger partial charge in [-0.3, -0.25) is 9.98 Å². The number of guanidine groups is 1. The Kier molecular flexibility index (Phi) is 7.90. The van der Waals surface area contributed by atoms with Gasteiger partial charge in [0.15, 0.2) is 5.96 Å². The molecule has 0 saturated carbocycles. The third kappa shape index (κ3) is 5.45. The smallest absolute Gasteiger partial charge is 0.190 e. The Labute approximate surface area is 171 Å². The Morgan fingerprint density at radius 2 is 1.92 bits per heavy atom. The number of hydrogen-bond acceptors (Lipinski definition) is 2. The van der Waals surface area contributed by atoms with Crippen molar-refractivity contribution in [1.29, 1.82) is 0 Å². The van der Waals surface area contributed by atoms with Crippen LogP contribution in [0.5, 0.6) is 0 Å². The summed E-state index contributed by atoms with van der Waals surface area (Å²) in [4.78, 5) is 12.0. The number of aryl methyl sites for hydroxylation is 1. The zero-order chi connectivity index (χ0) is 17.5. The van der Waals surface area contributed by atoms with E-state index in [4.69, 9.17) is 0 Å². The van der Waals surface area contributed by atoms with Gasteiger partial charge in [0.05, 0.1) is 0 Å². The summed E-state index contributed by atoms with van der Waals surface area (Å²) in [7, 11) is 1.80. The molecule has 3 N–H and O–H groups in total. The molecule has 0 saturated heterocycles. The maximum atomic E-state index is 4.33. The van der Waals surface area contributed by atoms with Crippen molar-refractivity contribution in [1.82, 2.24) is 20.6 Å². The third-order valence-corrected chi connectivity index (χ3v) is 4.23. The molecule has 26 heavy (non-hydrogen) atoms. The van der Waals surface area contributed by atoms with E-state index in [1.807, 2.05) is 24.4 Å². The summed E-state index contributed by atoms with van der Waals surface area (Å²) in [5.74, 6) is 0.826. The van der Waals surface area contributed by atoms with Crippen molar-refractivity contribution in [3.05, 3.63) is 65.6 Å². The number of halogens is 1. The minimum absolute atomic E-state index is 0.